The number of halogens is 2. The monoisotopic (exact) mass is 458 g/mol. The van der Waals surface area contributed by atoms with E-state index in [1.165, 1.54) is 40.9 Å². The summed E-state index contributed by atoms with van der Waals surface area (Å²) in [4.78, 5) is 19.6. The van der Waals surface area contributed by atoms with E-state index in [1.807, 2.05) is 6.07 Å². The van der Waals surface area contributed by atoms with Gasteiger partial charge in [-0.1, -0.05) is 17.8 Å². The van der Waals surface area contributed by atoms with Gasteiger partial charge in [-0.05, 0) is 49.2 Å². The van der Waals surface area contributed by atoms with E-state index in [-0.39, 0.29) is 22.6 Å². The second-order valence-electron chi connectivity index (χ2n) is 8.05. The number of thiophene rings is 1. The van der Waals surface area contributed by atoms with Crippen LogP contribution in [0.15, 0.2) is 35.3 Å². The normalized spacial score (nSPS) is 27.2. The summed E-state index contributed by atoms with van der Waals surface area (Å²) in [7, 11) is 3.37. The third kappa shape index (κ3) is 3.54. The molecule has 2 heterocycles. The lowest BCUT2D eigenvalue weighted by Gasteiger charge is -2.34. The lowest BCUT2D eigenvalue weighted by Crippen LogP contribution is -2.43. The van der Waals surface area contributed by atoms with Gasteiger partial charge >= 0.3 is 0 Å². The number of aliphatic imine (C=N–C) groups is 1. The second-order valence-corrected chi connectivity index (χ2v) is 10.5. The quantitative estimate of drug-likeness (QED) is 0.739. The van der Waals surface area contributed by atoms with Gasteiger partial charge in [0.1, 0.15) is 27.3 Å². The average molecular weight is 459 g/mol. The summed E-state index contributed by atoms with van der Waals surface area (Å²) in [6.45, 7) is 1.77. The van der Waals surface area contributed by atoms with Gasteiger partial charge in [0.15, 0.2) is 5.17 Å². The van der Waals surface area contributed by atoms with Gasteiger partial charge in [-0.15, -0.1) is 11.3 Å². The van der Waals surface area contributed by atoms with Crippen LogP contribution in [0.2, 0.25) is 0 Å². The first-order valence-electron chi connectivity index (χ1n) is 9.54. The number of hydrogen-bond donors (Lipinski definition) is 1. The Labute approximate surface area is 187 Å². The van der Waals surface area contributed by atoms with Crippen molar-refractivity contribution in [2.45, 2.75) is 23.6 Å². The van der Waals surface area contributed by atoms with Crippen LogP contribution in [0.3, 0.4) is 0 Å². The number of carbonyl (C=O) groups is 1. The summed E-state index contributed by atoms with van der Waals surface area (Å²) in [5, 5.41) is 9.17. The maximum Gasteiger partial charge on any atom is 0.239 e. The van der Waals surface area contributed by atoms with Crippen LogP contribution in [-0.2, 0) is 10.3 Å². The summed E-state index contributed by atoms with van der Waals surface area (Å²) in [5.41, 5.74) is 5.77. The van der Waals surface area contributed by atoms with E-state index in [1.54, 1.807) is 33.2 Å². The van der Waals surface area contributed by atoms with E-state index < -0.39 is 21.9 Å². The molecule has 31 heavy (non-hydrogen) atoms. The van der Waals surface area contributed by atoms with Crippen LogP contribution in [-0.4, -0.2) is 34.8 Å². The largest absolute Gasteiger partial charge is 0.378 e. The molecule has 1 fully saturated rings. The molecule has 1 saturated carbocycles. The molecule has 1 aliphatic heterocycles. The number of benzene rings is 1. The molecule has 0 radical (unpaired) electrons. The molecule has 0 spiro atoms. The van der Waals surface area contributed by atoms with E-state index in [9.17, 15) is 13.6 Å². The fourth-order valence-electron chi connectivity index (χ4n) is 4.20. The van der Waals surface area contributed by atoms with Crippen LogP contribution in [0.1, 0.15) is 34.2 Å². The minimum absolute atomic E-state index is 0.0694. The Morgan fingerprint density at radius 3 is 2.77 bits per heavy atom. The number of amides is 1. The van der Waals surface area contributed by atoms with Crippen molar-refractivity contribution in [3.63, 3.8) is 0 Å². The van der Waals surface area contributed by atoms with Crippen molar-refractivity contribution in [2.24, 2.45) is 16.6 Å². The third-order valence-corrected chi connectivity index (χ3v) is 8.06. The maximum absolute atomic E-state index is 15.0. The molecule has 0 bridgehead atoms. The van der Waals surface area contributed by atoms with Crippen LogP contribution in [0.4, 0.5) is 8.78 Å². The Morgan fingerprint density at radius 1 is 1.39 bits per heavy atom. The number of nitrogens with two attached hydrogens (primary N) is 1. The van der Waals surface area contributed by atoms with Gasteiger partial charge in [0.25, 0.3) is 0 Å². The molecule has 1 aromatic carbocycles. The first kappa shape index (κ1) is 21.5. The smallest absolute Gasteiger partial charge is 0.239 e. The van der Waals surface area contributed by atoms with Crippen molar-refractivity contribution in [3.05, 3.63) is 57.0 Å². The average Bonchev–Trinajstić information content (AvgIpc) is 3.27. The van der Waals surface area contributed by atoms with E-state index in [0.717, 1.165) is 11.3 Å². The maximum atomic E-state index is 15.0. The van der Waals surface area contributed by atoms with Crippen LogP contribution in [0, 0.1) is 23.1 Å². The van der Waals surface area contributed by atoms with Gasteiger partial charge in [0.2, 0.25) is 5.91 Å². The summed E-state index contributed by atoms with van der Waals surface area (Å²) in [6.07, 6.45) is 1.84. The van der Waals surface area contributed by atoms with Crippen LogP contribution < -0.4 is 5.73 Å². The number of rotatable bonds is 4. The number of carbonyl (C=O) groups excluding carboxylic acids is 1. The minimum Gasteiger partial charge on any atom is -0.378 e. The zero-order valence-corrected chi connectivity index (χ0v) is 18.8. The van der Waals surface area contributed by atoms with Crippen LogP contribution in [0.5, 0.6) is 0 Å². The molecular weight excluding hydrogens is 438 g/mol. The molecule has 2 aromatic rings. The van der Waals surface area contributed by atoms with E-state index in [4.69, 9.17) is 11.0 Å². The van der Waals surface area contributed by atoms with Crippen LogP contribution in [0.25, 0.3) is 11.9 Å². The van der Waals surface area contributed by atoms with E-state index >= 15 is 0 Å². The number of fused-ring (bicyclic) bond motifs is 1. The Balaban J connectivity index is 1.73. The predicted octanol–water partition coefficient (Wildman–Crippen LogP) is 4.35. The highest BCUT2D eigenvalue weighted by Gasteiger charge is 2.71. The predicted molar refractivity (Wildman–Crippen MR) is 121 cm³/mol. The SMILES string of the molecule is CN(C)C(=O)[C@]12C[C@H]1[C@@](C)(c1cc(/C=C(\F)c3ccc(C#N)s3)ccc1F)N=C(N)S2. The molecular formula is C22H20F2N4OS2. The highest BCUT2D eigenvalue weighted by Crippen LogP contribution is 2.66. The molecule has 1 aromatic heterocycles. The second kappa shape index (κ2) is 7.46. The first-order chi connectivity index (χ1) is 14.6. The fraction of sp³-hybridized carbons (Fsp3) is 0.318. The Kier molecular flexibility index (Phi) is 5.18. The summed E-state index contributed by atoms with van der Waals surface area (Å²) in [5.74, 6) is -1.29. The van der Waals surface area contributed by atoms with Gasteiger partial charge in [0, 0.05) is 25.6 Å². The summed E-state index contributed by atoms with van der Waals surface area (Å²) >= 11 is 2.28. The van der Waals surface area contributed by atoms with Crippen molar-refractivity contribution < 1.29 is 13.6 Å². The molecule has 3 atom stereocenters. The lowest BCUT2D eigenvalue weighted by molar-refractivity contribution is -0.129. The number of amidine groups is 1. The highest BCUT2D eigenvalue weighted by molar-refractivity contribution is 8.15. The third-order valence-electron chi connectivity index (χ3n) is 5.77. The zero-order valence-electron chi connectivity index (χ0n) is 17.1. The van der Waals surface area contributed by atoms with E-state index in [2.05, 4.69) is 4.99 Å². The Bertz CT molecular complexity index is 1180. The molecule has 9 heteroatoms. The van der Waals surface area contributed by atoms with Gasteiger partial charge in [0.05, 0.1) is 10.4 Å². The van der Waals surface area contributed by atoms with Crippen LogP contribution >= 0.6 is 23.1 Å². The van der Waals surface area contributed by atoms with Crippen molar-refractivity contribution in [3.8, 4) is 6.07 Å². The van der Waals surface area contributed by atoms with Crippen molar-refractivity contribution >= 4 is 46.1 Å². The highest BCUT2D eigenvalue weighted by atomic mass is 32.2. The van der Waals surface area contributed by atoms with Gasteiger partial charge in [-0.2, -0.15) is 5.26 Å². The Morgan fingerprint density at radius 2 is 2.13 bits per heavy atom. The van der Waals surface area contributed by atoms with Gasteiger partial charge in [-0.25, -0.2) is 8.78 Å². The Hall–Kier alpha value is -2.70. The standard InChI is InChI=1S/C22H20F2N4OS2/c1-21(18-10-22(18,19(29)28(2)3)31-20(26)27-21)14-8-12(4-6-15(14)23)9-16(24)17-7-5-13(11-25)30-17/h4-9,18H,10H2,1-3H3,(H2,26,27)/b16-9-/t18-,21+,22-/m0/s1. The van der Waals surface area contributed by atoms with Gasteiger partial charge in [-0.3, -0.25) is 9.79 Å². The lowest BCUT2D eigenvalue weighted by atomic mass is 9.84. The number of thioether (sulfide) groups is 1. The van der Waals surface area contributed by atoms with Crippen molar-refractivity contribution in [1.82, 2.24) is 4.90 Å². The summed E-state index contributed by atoms with van der Waals surface area (Å²) < 4.78 is 28.9. The number of nitrogens with zero attached hydrogens (tertiary/aromatic N) is 3. The molecule has 1 amide bonds. The number of nitriles is 1. The number of hydrogen-bond acceptors (Lipinski definition) is 6. The minimum atomic E-state index is -1.04. The molecule has 160 valence electrons. The molecule has 2 aliphatic rings. The van der Waals surface area contributed by atoms with E-state index in [0.29, 0.717) is 21.7 Å². The molecule has 0 saturated heterocycles. The van der Waals surface area contributed by atoms with Crippen molar-refractivity contribution in [2.75, 3.05) is 14.1 Å². The molecule has 0 unspecified atom stereocenters. The van der Waals surface area contributed by atoms with Crippen molar-refractivity contribution in [1.29, 1.82) is 5.26 Å². The summed E-state index contributed by atoms with van der Waals surface area (Å²) in [6, 6.07) is 9.39. The first-order valence-corrected chi connectivity index (χ1v) is 11.2. The molecule has 5 nitrogen and oxygen atoms in total. The topological polar surface area (TPSA) is 82.5 Å². The fourth-order valence-corrected chi connectivity index (χ4v) is 6.41. The zero-order chi connectivity index (χ0) is 22.6. The van der Waals surface area contributed by atoms with Gasteiger partial charge < -0.3 is 10.6 Å². The molecule has 2 N–H and O–H groups in total. The molecule has 4 rings (SSSR count). The molecule has 1 aliphatic carbocycles.